The van der Waals surface area contributed by atoms with Crippen molar-refractivity contribution in [2.75, 3.05) is 4.90 Å². The Bertz CT molecular complexity index is 1270. The van der Waals surface area contributed by atoms with E-state index >= 15 is 0 Å². The summed E-state index contributed by atoms with van der Waals surface area (Å²) in [6.45, 7) is 6.54. The Kier molecular flexibility index (Phi) is 6.55. The number of carbonyl (C=O) groups excluding carboxylic acids is 1. The molecule has 1 aliphatic heterocycles. The van der Waals surface area contributed by atoms with E-state index in [-0.39, 0.29) is 11.3 Å². The lowest BCUT2D eigenvalue weighted by molar-refractivity contribution is -0.108. The molecule has 2 aromatic rings. The molecule has 1 aromatic heterocycles. The summed E-state index contributed by atoms with van der Waals surface area (Å²) in [5, 5.41) is 2.55. The predicted molar refractivity (Wildman–Crippen MR) is 146 cm³/mol. The van der Waals surface area contributed by atoms with Crippen molar-refractivity contribution in [2.24, 2.45) is 10.9 Å². The first kappa shape index (κ1) is 23.5. The average Bonchev–Trinajstić information content (AvgIpc) is 2.97. The predicted octanol–water partition coefficient (Wildman–Crippen LogP) is 7.23. The van der Waals surface area contributed by atoms with E-state index in [2.05, 4.69) is 55.2 Å². The van der Waals surface area contributed by atoms with Gasteiger partial charge in [-0.1, -0.05) is 68.2 Å². The number of aromatic nitrogens is 1. The molecule has 2 heterocycles. The molecule has 180 valence electrons. The zero-order valence-electron chi connectivity index (χ0n) is 21.1. The molecule has 5 rings (SSSR count). The van der Waals surface area contributed by atoms with E-state index in [1.54, 1.807) is 0 Å². The molecule has 35 heavy (non-hydrogen) atoms. The van der Waals surface area contributed by atoms with Gasteiger partial charge >= 0.3 is 0 Å². The Morgan fingerprint density at radius 3 is 2.66 bits per heavy atom. The van der Waals surface area contributed by atoms with Crippen LogP contribution in [0.1, 0.15) is 64.9 Å². The normalized spacial score (nSPS) is 24.1. The summed E-state index contributed by atoms with van der Waals surface area (Å²) in [4.78, 5) is 23.8. The third-order valence-electron chi connectivity index (χ3n) is 7.68. The summed E-state index contributed by atoms with van der Waals surface area (Å²) in [5.41, 5.74) is 4.42. The quantitative estimate of drug-likeness (QED) is 0.448. The Labute approximate surface area is 208 Å². The molecule has 4 nitrogen and oxygen atoms in total. The largest absolute Gasteiger partial charge is 0.326 e. The minimum Gasteiger partial charge on any atom is -0.326 e. The molecule has 1 atom stereocenters. The van der Waals surface area contributed by atoms with Crippen molar-refractivity contribution in [3.63, 3.8) is 0 Å². The minimum atomic E-state index is -0.275. The second-order valence-electron chi connectivity index (χ2n) is 10.3. The van der Waals surface area contributed by atoms with E-state index in [0.29, 0.717) is 6.04 Å². The number of hydrogen-bond acceptors (Lipinski definition) is 4. The zero-order chi connectivity index (χ0) is 24.4. The van der Waals surface area contributed by atoms with Crippen LogP contribution in [-0.4, -0.2) is 23.0 Å². The lowest BCUT2D eigenvalue weighted by atomic mass is 9.72. The highest BCUT2D eigenvalue weighted by Crippen LogP contribution is 2.56. The van der Waals surface area contributed by atoms with Crippen LogP contribution >= 0.6 is 0 Å². The topological polar surface area (TPSA) is 45.6 Å². The van der Waals surface area contributed by atoms with Crippen LogP contribution in [0.15, 0.2) is 83.3 Å². The molecule has 1 saturated carbocycles. The summed E-state index contributed by atoms with van der Waals surface area (Å²) in [7, 11) is 0. The number of pyridine rings is 1. The van der Waals surface area contributed by atoms with Crippen molar-refractivity contribution >= 4 is 28.6 Å². The number of hydrogen-bond donors (Lipinski definition) is 0. The maximum atomic E-state index is 11.5. The fraction of sp³-hybridized carbons (Fsp3) is 0.387. The highest BCUT2D eigenvalue weighted by atomic mass is 16.1. The van der Waals surface area contributed by atoms with Gasteiger partial charge in [0.1, 0.15) is 12.1 Å². The van der Waals surface area contributed by atoms with Gasteiger partial charge in [-0.3, -0.25) is 4.99 Å². The van der Waals surface area contributed by atoms with Gasteiger partial charge in [0, 0.05) is 40.0 Å². The van der Waals surface area contributed by atoms with E-state index < -0.39 is 0 Å². The second kappa shape index (κ2) is 9.77. The Morgan fingerprint density at radius 2 is 1.91 bits per heavy atom. The van der Waals surface area contributed by atoms with E-state index in [9.17, 15) is 4.79 Å². The first-order chi connectivity index (χ1) is 17.0. The number of anilines is 1. The van der Waals surface area contributed by atoms with Crippen LogP contribution in [0.25, 0.3) is 10.8 Å². The van der Waals surface area contributed by atoms with Crippen LogP contribution in [0.3, 0.4) is 0 Å². The van der Waals surface area contributed by atoms with Crippen LogP contribution in [0.4, 0.5) is 5.82 Å². The third-order valence-corrected chi connectivity index (χ3v) is 7.68. The molecule has 2 aliphatic carbocycles. The van der Waals surface area contributed by atoms with Crippen LogP contribution < -0.4 is 4.90 Å². The van der Waals surface area contributed by atoms with Gasteiger partial charge in [0.2, 0.25) is 0 Å². The van der Waals surface area contributed by atoms with Crippen molar-refractivity contribution in [3.8, 4) is 0 Å². The summed E-state index contributed by atoms with van der Waals surface area (Å²) >= 11 is 0. The monoisotopic (exact) mass is 465 g/mol. The number of benzene rings is 1. The Hall–Kier alpha value is -3.27. The Morgan fingerprint density at radius 1 is 1.14 bits per heavy atom. The molecule has 0 saturated heterocycles. The van der Waals surface area contributed by atoms with Gasteiger partial charge in [-0.2, -0.15) is 0 Å². The highest BCUT2D eigenvalue weighted by Gasteiger charge is 2.49. The molecule has 0 radical (unpaired) electrons. The molecule has 0 N–H and O–H groups in total. The lowest BCUT2D eigenvalue weighted by Gasteiger charge is -2.34. The standard InChI is InChI=1S/C31H35N3O/c1-22(2)34-28(17-16-23(3)33-27-15-9-7-13-25(27)21-35)31(18-10-4-5-11-19-31)29-26-14-8-6-12-24(26)20-32-30(29)34/h6-9,12-17,20-22,25H,4-5,10-11,18-19H2,1-3H3/b23-16-,28-17+,33-27-. The molecule has 1 spiro atoms. The molecular formula is C31H35N3O. The first-order valence-corrected chi connectivity index (χ1v) is 13.0. The van der Waals surface area contributed by atoms with Gasteiger partial charge in [0.05, 0.1) is 11.6 Å². The van der Waals surface area contributed by atoms with Crippen LogP contribution in [0.2, 0.25) is 0 Å². The lowest BCUT2D eigenvalue weighted by Crippen LogP contribution is -2.34. The van der Waals surface area contributed by atoms with Crippen molar-refractivity contribution in [2.45, 2.75) is 70.8 Å². The molecular weight excluding hydrogens is 430 g/mol. The van der Waals surface area contributed by atoms with Crippen molar-refractivity contribution in [1.82, 2.24) is 4.98 Å². The zero-order valence-corrected chi connectivity index (χ0v) is 21.1. The summed E-state index contributed by atoms with van der Waals surface area (Å²) < 4.78 is 0. The smallest absolute Gasteiger partial charge is 0.137 e. The molecule has 0 bridgehead atoms. The fourth-order valence-corrected chi connectivity index (χ4v) is 6.10. The minimum absolute atomic E-state index is 0.0350. The van der Waals surface area contributed by atoms with E-state index in [1.165, 1.54) is 47.7 Å². The van der Waals surface area contributed by atoms with Crippen molar-refractivity contribution in [3.05, 3.63) is 83.9 Å². The fourth-order valence-electron chi connectivity index (χ4n) is 6.10. The summed E-state index contributed by atoms with van der Waals surface area (Å²) in [6.07, 6.45) is 22.4. The number of aldehydes is 1. The van der Waals surface area contributed by atoms with Gasteiger partial charge in [0.25, 0.3) is 0 Å². The van der Waals surface area contributed by atoms with Gasteiger partial charge in [-0.05, 0) is 57.2 Å². The number of rotatable bonds is 4. The number of aliphatic imine (C=N–C) groups is 1. The number of nitrogens with zero attached hydrogens (tertiary/aromatic N) is 3. The van der Waals surface area contributed by atoms with Gasteiger partial charge < -0.3 is 9.69 Å². The van der Waals surface area contributed by atoms with E-state index in [0.717, 1.165) is 36.4 Å². The molecule has 1 aromatic carbocycles. The SMILES string of the molecule is CC(=C/C=C1/N(C(C)C)c2ncc3ccccc3c2C12CCCCCC2)/N=C1/C=CC=CC1C=O. The maximum absolute atomic E-state index is 11.5. The summed E-state index contributed by atoms with van der Waals surface area (Å²) in [5.74, 6) is 0.841. The highest BCUT2D eigenvalue weighted by molar-refractivity contribution is 6.07. The van der Waals surface area contributed by atoms with Gasteiger partial charge in [-0.25, -0.2) is 4.98 Å². The molecule has 4 heteroatoms. The van der Waals surface area contributed by atoms with Crippen molar-refractivity contribution < 1.29 is 4.79 Å². The van der Waals surface area contributed by atoms with Crippen LogP contribution in [-0.2, 0) is 10.2 Å². The number of carbonyl (C=O) groups is 1. The maximum Gasteiger partial charge on any atom is 0.137 e. The molecule has 3 aliphatic rings. The van der Waals surface area contributed by atoms with E-state index in [1.807, 2.05) is 37.4 Å². The van der Waals surface area contributed by atoms with E-state index in [4.69, 9.17) is 9.98 Å². The molecule has 1 fully saturated rings. The first-order valence-electron chi connectivity index (χ1n) is 13.0. The average molecular weight is 466 g/mol. The number of allylic oxidation sites excluding steroid dienone is 8. The van der Waals surface area contributed by atoms with Gasteiger partial charge in [-0.15, -0.1) is 0 Å². The molecule has 1 unspecified atom stereocenters. The van der Waals surface area contributed by atoms with Crippen molar-refractivity contribution in [1.29, 1.82) is 0 Å². The van der Waals surface area contributed by atoms with Gasteiger partial charge in [0.15, 0.2) is 0 Å². The third kappa shape index (κ3) is 4.20. The second-order valence-corrected chi connectivity index (χ2v) is 10.3. The summed E-state index contributed by atoms with van der Waals surface area (Å²) in [6, 6.07) is 9.02. The van der Waals surface area contributed by atoms with Crippen LogP contribution in [0.5, 0.6) is 0 Å². The molecule has 0 amide bonds. The van der Waals surface area contributed by atoms with Crippen LogP contribution in [0, 0.1) is 5.92 Å². The Balaban J connectivity index is 1.67. The number of fused-ring (bicyclic) bond motifs is 4.